The van der Waals surface area contributed by atoms with Crippen LogP contribution in [0.25, 0.3) is 0 Å². The molecule has 0 aliphatic heterocycles. The summed E-state index contributed by atoms with van der Waals surface area (Å²) in [5.74, 6) is 0.220. The minimum Gasteiger partial charge on any atom is -0.503 e. The summed E-state index contributed by atoms with van der Waals surface area (Å²) in [7, 11) is 0. The predicted molar refractivity (Wildman–Crippen MR) is 57.0 cm³/mol. The number of aromatic nitrogens is 1. The standard InChI is InChI=1S/C11H9NO2S/c13-9-3-1-5-12(7-9)8-10(14)11-4-2-6-15-11/h1-7H,8H2/p+1. The Morgan fingerprint density at radius 1 is 1.40 bits per heavy atom. The Labute approximate surface area is 91.2 Å². The third-order valence-electron chi connectivity index (χ3n) is 1.96. The zero-order valence-corrected chi connectivity index (χ0v) is 8.78. The third kappa shape index (κ3) is 2.41. The first kappa shape index (κ1) is 9.86. The zero-order chi connectivity index (χ0) is 10.7. The molecule has 2 rings (SSSR count). The van der Waals surface area contributed by atoms with Crippen molar-refractivity contribution in [1.29, 1.82) is 0 Å². The van der Waals surface area contributed by atoms with Crippen LogP contribution in [-0.4, -0.2) is 10.9 Å². The van der Waals surface area contributed by atoms with Crippen LogP contribution in [0.5, 0.6) is 5.75 Å². The van der Waals surface area contributed by atoms with E-state index < -0.39 is 0 Å². The highest BCUT2D eigenvalue weighted by Crippen LogP contribution is 2.09. The molecule has 0 spiro atoms. The maximum absolute atomic E-state index is 11.7. The number of carbonyl (C=O) groups excluding carboxylic acids is 1. The second-order valence-corrected chi connectivity index (χ2v) is 4.08. The van der Waals surface area contributed by atoms with Gasteiger partial charge in [0.15, 0.2) is 11.9 Å². The van der Waals surface area contributed by atoms with E-state index in [1.54, 1.807) is 29.0 Å². The highest BCUT2D eigenvalue weighted by Gasteiger charge is 2.12. The molecule has 0 aliphatic rings. The topological polar surface area (TPSA) is 41.2 Å². The Morgan fingerprint density at radius 2 is 2.27 bits per heavy atom. The number of aromatic hydroxyl groups is 1. The molecule has 0 aliphatic carbocycles. The molecule has 2 aromatic heterocycles. The summed E-state index contributed by atoms with van der Waals surface area (Å²) in [5, 5.41) is 11.1. The first-order valence-corrected chi connectivity index (χ1v) is 5.38. The molecule has 3 nitrogen and oxygen atoms in total. The van der Waals surface area contributed by atoms with Crippen molar-refractivity contribution in [2.45, 2.75) is 6.54 Å². The van der Waals surface area contributed by atoms with Crippen LogP contribution >= 0.6 is 11.3 Å². The van der Waals surface area contributed by atoms with Gasteiger partial charge in [-0.05, 0) is 17.5 Å². The van der Waals surface area contributed by atoms with Gasteiger partial charge in [0, 0.05) is 6.07 Å². The summed E-state index contributed by atoms with van der Waals surface area (Å²) in [6.45, 7) is 0.259. The summed E-state index contributed by atoms with van der Waals surface area (Å²) >= 11 is 1.43. The Hall–Kier alpha value is -1.68. The van der Waals surface area contributed by atoms with Gasteiger partial charge in [-0.3, -0.25) is 4.79 Å². The SMILES string of the molecule is O=C(C[n+]1cccc(O)c1)c1cccs1. The van der Waals surface area contributed by atoms with Crippen LogP contribution in [0.1, 0.15) is 9.67 Å². The van der Waals surface area contributed by atoms with Crippen LogP contribution in [0.4, 0.5) is 0 Å². The van der Waals surface area contributed by atoms with Gasteiger partial charge in [0.05, 0.1) is 4.88 Å². The second kappa shape index (κ2) is 4.23. The molecule has 2 heterocycles. The van der Waals surface area contributed by atoms with E-state index in [2.05, 4.69) is 0 Å². The van der Waals surface area contributed by atoms with Crippen molar-refractivity contribution in [3.05, 3.63) is 46.9 Å². The molecule has 0 fully saturated rings. The van der Waals surface area contributed by atoms with Gasteiger partial charge in [-0.25, -0.2) is 0 Å². The van der Waals surface area contributed by atoms with E-state index in [1.165, 1.54) is 17.5 Å². The average Bonchev–Trinajstić information content (AvgIpc) is 2.70. The van der Waals surface area contributed by atoms with E-state index in [0.29, 0.717) is 0 Å². The Morgan fingerprint density at radius 3 is 2.93 bits per heavy atom. The van der Waals surface area contributed by atoms with Crippen molar-refractivity contribution in [2.75, 3.05) is 0 Å². The minimum absolute atomic E-state index is 0.0561. The lowest BCUT2D eigenvalue weighted by Crippen LogP contribution is -2.36. The highest BCUT2D eigenvalue weighted by atomic mass is 32.1. The van der Waals surface area contributed by atoms with Gasteiger partial charge in [0.1, 0.15) is 0 Å². The largest absolute Gasteiger partial charge is 0.503 e. The number of Topliss-reactive ketones (excluding diaryl/α,β-unsaturated/α-hetero) is 1. The monoisotopic (exact) mass is 220 g/mol. The number of ketones is 1. The van der Waals surface area contributed by atoms with Gasteiger partial charge in [0.25, 0.3) is 0 Å². The molecule has 1 N–H and O–H groups in total. The van der Waals surface area contributed by atoms with Crippen molar-refractivity contribution < 1.29 is 14.5 Å². The van der Waals surface area contributed by atoms with Gasteiger partial charge < -0.3 is 5.11 Å². The Kier molecular flexibility index (Phi) is 2.78. The van der Waals surface area contributed by atoms with Crippen LogP contribution in [0, 0.1) is 0 Å². The van der Waals surface area contributed by atoms with E-state index in [-0.39, 0.29) is 18.1 Å². The fourth-order valence-electron chi connectivity index (χ4n) is 1.29. The first-order chi connectivity index (χ1) is 7.25. The predicted octanol–water partition coefficient (Wildman–Crippen LogP) is 1.62. The number of hydrogen-bond donors (Lipinski definition) is 1. The zero-order valence-electron chi connectivity index (χ0n) is 7.96. The number of nitrogens with zero attached hydrogens (tertiary/aromatic N) is 1. The van der Waals surface area contributed by atoms with Crippen LogP contribution < -0.4 is 4.57 Å². The summed E-state index contributed by atoms with van der Waals surface area (Å²) in [4.78, 5) is 12.4. The molecule has 15 heavy (non-hydrogen) atoms. The van der Waals surface area contributed by atoms with Gasteiger partial charge >= 0.3 is 0 Å². The number of thiophene rings is 1. The maximum Gasteiger partial charge on any atom is 0.237 e. The van der Waals surface area contributed by atoms with Crippen molar-refractivity contribution in [3.8, 4) is 5.75 Å². The fourth-order valence-corrected chi connectivity index (χ4v) is 1.94. The van der Waals surface area contributed by atoms with E-state index in [0.717, 1.165) is 4.88 Å². The van der Waals surface area contributed by atoms with Crippen molar-refractivity contribution in [1.82, 2.24) is 0 Å². The molecule has 4 heteroatoms. The second-order valence-electron chi connectivity index (χ2n) is 3.13. The van der Waals surface area contributed by atoms with Crippen LogP contribution in [-0.2, 0) is 6.54 Å². The number of hydrogen-bond acceptors (Lipinski definition) is 3. The molecule has 76 valence electrons. The molecule has 0 bridgehead atoms. The molecular weight excluding hydrogens is 210 g/mol. The normalized spacial score (nSPS) is 10.1. The summed E-state index contributed by atoms with van der Waals surface area (Å²) in [6.07, 6.45) is 3.29. The van der Waals surface area contributed by atoms with Crippen LogP contribution in [0.2, 0.25) is 0 Å². The fraction of sp³-hybridized carbons (Fsp3) is 0.0909. The van der Waals surface area contributed by atoms with E-state index in [9.17, 15) is 9.90 Å². The molecule has 0 radical (unpaired) electrons. The van der Waals surface area contributed by atoms with Crippen molar-refractivity contribution in [2.24, 2.45) is 0 Å². The number of pyridine rings is 1. The Balaban J connectivity index is 2.13. The van der Waals surface area contributed by atoms with Gasteiger partial charge in [0.2, 0.25) is 18.5 Å². The molecule has 0 amide bonds. The first-order valence-electron chi connectivity index (χ1n) is 4.50. The van der Waals surface area contributed by atoms with Gasteiger partial charge in [-0.1, -0.05) is 6.07 Å². The molecular formula is C11H10NO2S+. The van der Waals surface area contributed by atoms with Crippen molar-refractivity contribution >= 4 is 17.1 Å². The molecule has 0 aromatic carbocycles. The van der Waals surface area contributed by atoms with Crippen LogP contribution in [0.15, 0.2) is 42.0 Å². The van der Waals surface area contributed by atoms with E-state index >= 15 is 0 Å². The van der Waals surface area contributed by atoms with Gasteiger partial charge in [-0.2, -0.15) is 4.57 Å². The molecule has 2 aromatic rings. The highest BCUT2D eigenvalue weighted by molar-refractivity contribution is 7.12. The lowest BCUT2D eigenvalue weighted by Gasteiger charge is -1.95. The van der Waals surface area contributed by atoms with Crippen LogP contribution in [0.3, 0.4) is 0 Å². The van der Waals surface area contributed by atoms with E-state index in [1.807, 2.05) is 11.4 Å². The van der Waals surface area contributed by atoms with Gasteiger partial charge in [-0.15, -0.1) is 11.3 Å². The molecule has 0 unspecified atom stereocenters. The molecule has 0 saturated heterocycles. The molecule has 0 saturated carbocycles. The average molecular weight is 220 g/mol. The summed E-state index contributed by atoms with van der Waals surface area (Å²) in [6, 6.07) is 6.94. The summed E-state index contributed by atoms with van der Waals surface area (Å²) < 4.78 is 1.66. The molecule has 0 atom stereocenters. The Bertz CT molecular complexity index is 465. The lowest BCUT2D eigenvalue weighted by atomic mass is 10.3. The lowest BCUT2D eigenvalue weighted by molar-refractivity contribution is -0.683. The van der Waals surface area contributed by atoms with Crippen molar-refractivity contribution in [3.63, 3.8) is 0 Å². The van der Waals surface area contributed by atoms with E-state index in [4.69, 9.17) is 0 Å². The number of rotatable bonds is 3. The minimum atomic E-state index is 0.0561. The quantitative estimate of drug-likeness (QED) is 0.631. The smallest absolute Gasteiger partial charge is 0.237 e. The summed E-state index contributed by atoms with van der Waals surface area (Å²) in [5.41, 5.74) is 0. The third-order valence-corrected chi connectivity index (χ3v) is 2.88. The number of carbonyl (C=O) groups is 1. The maximum atomic E-state index is 11.7.